The summed E-state index contributed by atoms with van der Waals surface area (Å²) in [6.07, 6.45) is 2.10. The molecule has 0 aliphatic heterocycles. The van der Waals surface area contributed by atoms with E-state index in [1.807, 2.05) is 0 Å². The second kappa shape index (κ2) is 5.83. The van der Waals surface area contributed by atoms with E-state index >= 15 is 0 Å². The summed E-state index contributed by atoms with van der Waals surface area (Å²) in [6.45, 7) is 10.4. The fourth-order valence-electron chi connectivity index (χ4n) is 1.38. The van der Waals surface area contributed by atoms with E-state index < -0.39 is 0 Å². The van der Waals surface area contributed by atoms with Crippen LogP contribution in [0.4, 0.5) is 0 Å². The fourth-order valence-corrected chi connectivity index (χ4v) is 1.38. The van der Waals surface area contributed by atoms with Crippen LogP contribution in [0, 0.1) is 0 Å². The average Bonchev–Trinajstić information content (AvgIpc) is 2.24. The number of nitrogens with two attached hydrogens (primary N) is 1. The molecule has 92 valence electrons. The Morgan fingerprint density at radius 3 is 2.13 bits per heavy atom. The number of nitrogens with zero attached hydrogens (tertiary/aromatic N) is 1. The van der Waals surface area contributed by atoms with Crippen LogP contribution >= 0.6 is 0 Å². The first kappa shape index (κ1) is 14.9. The minimum absolute atomic E-state index is 0.0441. The number of hydrogen-bond donors (Lipinski definition) is 1. The van der Waals surface area contributed by atoms with Crippen molar-refractivity contribution in [1.82, 2.24) is 4.90 Å². The molecule has 0 fully saturated rings. The molecule has 0 spiro atoms. The van der Waals surface area contributed by atoms with Crippen molar-refractivity contribution in [2.45, 2.75) is 51.7 Å². The molecule has 3 nitrogen and oxygen atoms in total. The monoisotopic (exact) mass is 216 g/mol. The quantitative estimate of drug-likeness (QED) is 0.706. The number of methoxy groups -OCH3 is 1. The molecule has 0 aromatic heterocycles. The van der Waals surface area contributed by atoms with Crippen LogP contribution < -0.4 is 5.73 Å². The van der Waals surface area contributed by atoms with E-state index in [-0.39, 0.29) is 11.1 Å². The summed E-state index contributed by atoms with van der Waals surface area (Å²) in [5.41, 5.74) is 5.89. The maximum absolute atomic E-state index is 5.82. The second-order valence-corrected chi connectivity index (χ2v) is 5.19. The molecule has 0 saturated carbocycles. The zero-order valence-electron chi connectivity index (χ0n) is 11.3. The Hall–Kier alpha value is -0.120. The first-order valence-corrected chi connectivity index (χ1v) is 5.78. The van der Waals surface area contributed by atoms with Crippen molar-refractivity contribution in [2.24, 2.45) is 5.73 Å². The normalized spacial score (nSPS) is 16.8. The highest BCUT2D eigenvalue weighted by Crippen LogP contribution is 2.19. The van der Waals surface area contributed by atoms with Crippen molar-refractivity contribution in [3.63, 3.8) is 0 Å². The lowest BCUT2D eigenvalue weighted by atomic mass is 9.95. The van der Waals surface area contributed by atoms with Gasteiger partial charge in [-0.2, -0.15) is 0 Å². The van der Waals surface area contributed by atoms with Gasteiger partial charge in [-0.15, -0.1) is 0 Å². The molecule has 3 heteroatoms. The van der Waals surface area contributed by atoms with Gasteiger partial charge < -0.3 is 10.5 Å². The topological polar surface area (TPSA) is 38.5 Å². The molecule has 0 rings (SSSR count). The zero-order valence-corrected chi connectivity index (χ0v) is 11.3. The van der Waals surface area contributed by atoms with Crippen LogP contribution in [0.5, 0.6) is 0 Å². The van der Waals surface area contributed by atoms with Gasteiger partial charge in [-0.25, -0.2) is 0 Å². The van der Waals surface area contributed by atoms with Crippen molar-refractivity contribution in [2.75, 3.05) is 27.2 Å². The summed E-state index contributed by atoms with van der Waals surface area (Å²) >= 11 is 0. The first-order valence-electron chi connectivity index (χ1n) is 5.78. The van der Waals surface area contributed by atoms with E-state index in [9.17, 15) is 0 Å². The van der Waals surface area contributed by atoms with Crippen LogP contribution in [0.1, 0.15) is 40.5 Å². The fraction of sp³-hybridized carbons (Fsp3) is 1.00. The molecule has 0 aromatic carbocycles. The van der Waals surface area contributed by atoms with Crippen LogP contribution in [-0.4, -0.2) is 43.3 Å². The van der Waals surface area contributed by atoms with Gasteiger partial charge in [0.25, 0.3) is 0 Å². The Morgan fingerprint density at radius 1 is 1.27 bits per heavy atom. The van der Waals surface area contributed by atoms with E-state index in [2.05, 4.69) is 39.6 Å². The summed E-state index contributed by atoms with van der Waals surface area (Å²) in [6, 6.07) is 0. The molecule has 0 aromatic rings. The van der Waals surface area contributed by atoms with Crippen LogP contribution in [-0.2, 0) is 4.74 Å². The lowest BCUT2D eigenvalue weighted by Crippen LogP contribution is -2.50. The Morgan fingerprint density at radius 2 is 1.80 bits per heavy atom. The maximum Gasteiger partial charge on any atom is 0.0634 e. The minimum atomic E-state index is -0.0441. The van der Waals surface area contributed by atoms with Crippen molar-refractivity contribution in [1.29, 1.82) is 0 Å². The summed E-state index contributed by atoms with van der Waals surface area (Å²) in [7, 11) is 3.91. The van der Waals surface area contributed by atoms with Crippen LogP contribution in [0.2, 0.25) is 0 Å². The van der Waals surface area contributed by atoms with E-state index in [1.165, 1.54) is 0 Å². The molecule has 0 radical (unpaired) electrons. The highest BCUT2D eigenvalue weighted by atomic mass is 16.5. The lowest BCUT2D eigenvalue weighted by Gasteiger charge is -2.39. The molecule has 0 heterocycles. The van der Waals surface area contributed by atoms with E-state index in [0.29, 0.717) is 6.54 Å². The molecular weight excluding hydrogens is 188 g/mol. The lowest BCUT2D eigenvalue weighted by molar-refractivity contribution is 0.000400. The summed E-state index contributed by atoms with van der Waals surface area (Å²) in [4.78, 5) is 2.34. The van der Waals surface area contributed by atoms with Gasteiger partial charge in [0.15, 0.2) is 0 Å². The third kappa shape index (κ3) is 4.49. The van der Waals surface area contributed by atoms with Gasteiger partial charge in [-0.05, 0) is 40.7 Å². The largest absolute Gasteiger partial charge is 0.379 e. The molecule has 15 heavy (non-hydrogen) atoms. The third-order valence-electron chi connectivity index (χ3n) is 3.72. The Balaban J connectivity index is 4.19. The van der Waals surface area contributed by atoms with Gasteiger partial charge in [-0.1, -0.05) is 6.92 Å². The number of likely N-dealkylation sites (N-methyl/N-ethyl adjacent to an activating group) is 1. The Labute approximate surface area is 95.0 Å². The Kier molecular flexibility index (Phi) is 5.78. The maximum atomic E-state index is 5.82. The summed E-state index contributed by atoms with van der Waals surface area (Å²) in [5, 5.41) is 0. The van der Waals surface area contributed by atoms with Crippen LogP contribution in [0.15, 0.2) is 0 Å². The molecule has 0 aliphatic carbocycles. The van der Waals surface area contributed by atoms with Crippen LogP contribution in [0.3, 0.4) is 0 Å². The van der Waals surface area contributed by atoms with Crippen molar-refractivity contribution in [3.05, 3.63) is 0 Å². The van der Waals surface area contributed by atoms with E-state index in [0.717, 1.165) is 19.4 Å². The molecule has 0 saturated heterocycles. The van der Waals surface area contributed by atoms with Gasteiger partial charge in [0.2, 0.25) is 0 Å². The SMILES string of the molecule is CCC(C)(CN)N(C)CCC(C)(C)OC. The van der Waals surface area contributed by atoms with E-state index in [4.69, 9.17) is 10.5 Å². The number of ether oxygens (including phenoxy) is 1. The van der Waals surface area contributed by atoms with Crippen molar-refractivity contribution >= 4 is 0 Å². The van der Waals surface area contributed by atoms with Gasteiger partial charge in [0.05, 0.1) is 5.60 Å². The molecule has 0 bridgehead atoms. The summed E-state index contributed by atoms with van der Waals surface area (Å²) in [5.74, 6) is 0. The molecule has 1 unspecified atom stereocenters. The highest BCUT2D eigenvalue weighted by Gasteiger charge is 2.27. The molecule has 2 N–H and O–H groups in total. The average molecular weight is 216 g/mol. The molecule has 0 aliphatic rings. The van der Waals surface area contributed by atoms with Gasteiger partial charge in [-0.3, -0.25) is 4.90 Å². The number of rotatable bonds is 7. The Bertz CT molecular complexity index is 176. The van der Waals surface area contributed by atoms with Gasteiger partial charge in [0.1, 0.15) is 0 Å². The van der Waals surface area contributed by atoms with Crippen molar-refractivity contribution < 1.29 is 4.74 Å². The summed E-state index contributed by atoms with van der Waals surface area (Å²) < 4.78 is 5.41. The van der Waals surface area contributed by atoms with Gasteiger partial charge in [0, 0.05) is 25.7 Å². The van der Waals surface area contributed by atoms with E-state index in [1.54, 1.807) is 7.11 Å². The standard InChI is InChI=1S/C12H28N2O/c1-7-12(4,10-13)14(5)9-8-11(2,3)15-6/h7-10,13H2,1-6H3. The predicted octanol–water partition coefficient (Wildman–Crippen LogP) is 1.86. The second-order valence-electron chi connectivity index (χ2n) is 5.19. The molecular formula is C12H28N2O. The minimum Gasteiger partial charge on any atom is -0.379 e. The predicted molar refractivity (Wildman–Crippen MR) is 66.1 cm³/mol. The smallest absolute Gasteiger partial charge is 0.0634 e. The third-order valence-corrected chi connectivity index (χ3v) is 3.72. The first-order chi connectivity index (χ1) is 6.81. The highest BCUT2D eigenvalue weighted by molar-refractivity contribution is 4.85. The molecule has 1 atom stereocenters. The van der Waals surface area contributed by atoms with Gasteiger partial charge >= 0.3 is 0 Å². The molecule has 0 amide bonds. The number of hydrogen-bond acceptors (Lipinski definition) is 3. The van der Waals surface area contributed by atoms with Crippen LogP contribution in [0.25, 0.3) is 0 Å². The zero-order chi connectivity index (χ0) is 12.1. The van der Waals surface area contributed by atoms with Crippen molar-refractivity contribution in [3.8, 4) is 0 Å².